The van der Waals surface area contributed by atoms with E-state index in [1.807, 2.05) is 6.07 Å². The van der Waals surface area contributed by atoms with E-state index in [0.717, 1.165) is 42.5 Å². The largest absolute Gasteiger partial charge is 0.493 e. The summed E-state index contributed by atoms with van der Waals surface area (Å²) in [6.07, 6.45) is 4.74. The normalized spacial score (nSPS) is 11.1. The van der Waals surface area contributed by atoms with Gasteiger partial charge in [0, 0.05) is 5.02 Å². The molecule has 0 aliphatic carbocycles. The maximum Gasteiger partial charge on any atom is 0.122 e. The number of rotatable bonds is 10. The number of benzene rings is 1. The van der Waals surface area contributed by atoms with Gasteiger partial charge in [-0.25, -0.2) is 0 Å². The molecule has 0 unspecified atom stereocenters. The van der Waals surface area contributed by atoms with Crippen molar-refractivity contribution >= 4 is 11.6 Å². The van der Waals surface area contributed by atoms with Gasteiger partial charge in [-0.05, 0) is 74.9 Å². The number of hydrogen-bond donors (Lipinski definition) is 1. The molecule has 21 heavy (non-hydrogen) atoms. The SMILES string of the molecule is CCCNCCCCCOc1cc(C(C)C)c(Cl)cc1C. The van der Waals surface area contributed by atoms with Crippen LogP contribution in [0.5, 0.6) is 5.75 Å². The third kappa shape index (κ3) is 6.71. The average molecular weight is 312 g/mol. The van der Waals surface area contributed by atoms with Crippen molar-refractivity contribution in [3.8, 4) is 5.75 Å². The summed E-state index contributed by atoms with van der Waals surface area (Å²) in [7, 11) is 0. The third-order valence-electron chi connectivity index (χ3n) is 3.60. The van der Waals surface area contributed by atoms with Crippen LogP contribution < -0.4 is 10.1 Å². The van der Waals surface area contributed by atoms with Gasteiger partial charge in [-0.3, -0.25) is 0 Å². The molecule has 0 aliphatic rings. The van der Waals surface area contributed by atoms with Crippen molar-refractivity contribution in [1.29, 1.82) is 0 Å². The maximum absolute atomic E-state index is 6.28. The third-order valence-corrected chi connectivity index (χ3v) is 3.93. The highest BCUT2D eigenvalue weighted by molar-refractivity contribution is 6.31. The van der Waals surface area contributed by atoms with Crippen molar-refractivity contribution in [3.05, 3.63) is 28.3 Å². The molecule has 0 aromatic heterocycles. The van der Waals surface area contributed by atoms with Gasteiger partial charge in [0.1, 0.15) is 5.75 Å². The summed E-state index contributed by atoms with van der Waals surface area (Å²) >= 11 is 6.28. The second-order valence-corrected chi connectivity index (χ2v) is 6.36. The fraction of sp³-hybridized carbons (Fsp3) is 0.667. The minimum Gasteiger partial charge on any atom is -0.493 e. The van der Waals surface area contributed by atoms with E-state index in [2.05, 4.69) is 39.1 Å². The molecule has 0 bridgehead atoms. The molecule has 0 heterocycles. The molecule has 0 saturated heterocycles. The highest BCUT2D eigenvalue weighted by atomic mass is 35.5. The lowest BCUT2D eigenvalue weighted by Crippen LogP contribution is -2.15. The van der Waals surface area contributed by atoms with E-state index < -0.39 is 0 Å². The fourth-order valence-corrected chi connectivity index (χ4v) is 2.72. The smallest absolute Gasteiger partial charge is 0.122 e. The zero-order valence-electron chi connectivity index (χ0n) is 14.0. The summed E-state index contributed by atoms with van der Waals surface area (Å²) in [6.45, 7) is 11.6. The van der Waals surface area contributed by atoms with Crippen molar-refractivity contribution in [1.82, 2.24) is 5.32 Å². The Morgan fingerprint density at radius 1 is 1.14 bits per heavy atom. The molecular weight excluding hydrogens is 282 g/mol. The predicted molar refractivity (Wildman–Crippen MR) is 92.8 cm³/mol. The van der Waals surface area contributed by atoms with Crippen molar-refractivity contribution in [2.75, 3.05) is 19.7 Å². The van der Waals surface area contributed by atoms with E-state index in [4.69, 9.17) is 16.3 Å². The molecule has 0 amide bonds. The van der Waals surface area contributed by atoms with Gasteiger partial charge in [0.25, 0.3) is 0 Å². The van der Waals surface area contributed by atoms with Crippen molar-refractivity contribution in [3.63, 3.8) is 0 Å². The summed E-state index contributed by atoms with van der Waals surface area (Å²) in [4.78, 5) is 0. The Balaban J connectivity index is 2.33. The summed E-state index contributed by atoms with van der Waals surface area (Å²) in [5.74, 6) is 1.40. The lowest BCUT2D eigenvalue weighted by molar-refractivity contribution is 0.302. The van der Waals surface area contributed by atoms with Crippen LogP contribution in [0.15, 0.2) is 12.1 Å². The van der Waals surface area contributed by atoms with E-state index in [-0.39, 0.29) is 0 Å². The zero-order chi connectivity index (χ0) is 15.7. The molecule has 1 rings (SSSR count). The maximum atomic E-state index is 6.28. The standard InChI is InChI=1S/C18H30ClNO/c1-5-9-20-10-7-6-8-11-21-18-13-16(14(2)3)17(19)12-15(18)4/h12-14,20H,5-11H2,1-4H3. The van der Waals surface area contributed by atoms with Crippen molar-refractivity contribution in [2.24, 2.45) is 0 Å². The molecule has 0 fully saturated rings. The van der Waals surface area contributed by atoms with Gasteiger partial charge in [-0.1, -0.05) is 32.4 Å². The molecule has 1 aromatic rings. The van der Waals surface area contributed by atoms with Gasteiger partial charge in [0.15, 0.2) is 0 Å². The predicted octanol–water partition coefficient (Wildman–Crippen LogP) is 5.32. The first-order chi connectivity index (χ1) is 10.1. The topological polar surface area (TPSA) is 21.3 Å². The average Bonchev–Trinajstić information content (AvgIpc) is 2.43. The number of halogens is 1. The van der Waals surface area contributed by atoms with Gasteiger partial charge in [0.05, 0.1) is 6.61 Å². The zero-order valence-corrected chi connectivity index (χ0v) is 14.7. The molecule has 120 valence electrons. The van der Waals surface area contributed by atoms with Crippen molar-refractivity contribution < 1.29 is 4.74 Å². The first kappa shape index (κ1) is 18.3. The summed E-state index contributed by atoms with van der Waals surface area (Å²) in [6, 6.07) is 4.12. The molecule has 2 nitrogen and oxygen atoms in total. The number of aryl methyl sites for hydroxylation is 1. The molecule has 0 aliphatic heterocycles. The lowest BCUT2D eigenvalue weighted by Gasteiger charge is -2.14. The molecule has 0 saturated carbocycles. The molecule has 1 N–H and O–H groups in total. The summed E-state index contributed by atoms with van der Waals surface area (Å²) in [5, 5.41) is 4.27. The number of ether oxygens (including phenoxy) is 1. The highest BCUT2D eigenvalue weighted by Gasteiger charge is 2.09. The Hall–Kier alpha value is -0.730. The summed E-state index contributed by atoms with van der Waals surface area (Å²) < 4.78 is 5.93. The monoisotopic (exact) mass is 311 g/mol. The first-order valence-corrected chi connectivity index (χ1v) is 8.57. The van der Waals surface area contributed by atoms with Gasteiger partial charge < -0.3 is 10.1 Å². The Kier molecular flexibility index (Phi) is 8.79. The molecule has 0 atom stereocenters. The van der Waals surface area contributed by atoms with E-state index in [1.165, 1.54) is 24.8 Å². The van der Waals surface area contributed by atoms with E-state index in [9.17, 15) is 0 Å². The lowest BCUT2D eigenvalue weighted by atomic mass is 10.0. The van der Waals surface area contributed by atoms with Gasteiger partial charge in [0.2, 0.25) is 0 Å². The van der Waals surface area contributed by atoms with Gasteiger partial charge in [-0.15, -0.1) is 0 Å². The molecule has 3 heteroatoms. The molecular formula is C18H30ClNO. The van der Waals surface area contributed by atoms with Crippen LogP contribution in [0.25, 0.3) is 0 Å². The van der Waals surface area contributed by atoms with E-state index >= 15 is 0 Å². The fourth-order valence-electron chi connectivity index (χ4n) is 2.28. The first-order valence-electron chi connectivity index (χ1n) is 8.19. The second kappa shape index (κ2) is 10.1. The number of unbranched alkanes of at least 4 members (excludes halogenated alkanes) is 2. The van der Waals surface area contributed by atoms with Crippen LogP contribution in [-0.4, -0.2) is 19.7 Å². The minimum absolute atomic E-state index is 0.421. The Morgan fingerprint density at radius 3 is 2.57 bits per heavy atom. The van der Waals surface area contributed by atoms with Crippen LogP contribution in [-0.2, 0) is 0 Å². The van der Waals surface area contributed by atoms with Gasteiger partial charge in [-0.2, -0.15) is 0 Å². The summed E-state index contributed by atoms with van der Waals surface area (Å²) in [5.41, 5.74) is 2.29. The van der Waals surface area contributed by atoms with Crippen LogP contribution in [0.1, 0.15) is 63.5 Å². The minimum atomic E-state index is 0.421. The van der Waals surface area contributed by atoms with Gasteiger partial charge >= 0.3 is 0 Å². The number of hydrogen-bond acceptors (Lipinski definition) is 2. The van der Waals surface area contributed by atoms with Crippen molar-refractivity contribution in [2.45, 2.75) is 59.3 Å². The van der Waals surface area contributed by atoms with Crippen LogP contribution in [0.3, 0.4) is 0 Å². The highest BCUT2D eigenvalue weighted by Crippen LogP contribution is 2.31. The Bertz CT molecular complexity index is 418. The van der Waals surface area contributed by atoms with E-state index in [0.29, 0.717) is 5.92 Å². The van der Waals surface area contributed by atoms with E-state index in [1.54, 1.807) is 0 Å². The molecule has 1 aromatic carbocycles. The molecule has 0 radical (unpaired) electrons. The Labute approximate surface area is 135 Å². The van der Waals surface area contributed by atoms with Crippen LogP contribution >= 0.6 is 11.6 Å². The quantitative estimate of drug-likeness (QED) is 0.590. The second-order valence-electron chi connectivity index (χ2n) is 5.95. The van der Waals surface area contributed by atoms with Crippen LogP contribution in [0, 0.1) is 6.92 Å². The number of nitrogens with one attached hydrogen (secondary N) is 1. The Morgan fingerprint density at radius 2 is 1.90 bits per heavy atom. The molecule has 0 spiro atoms. The van der Waals surface area contributed by atoms with Crippen LogP contribution in [0.2, 0.25) is 5.02 Å². The van der Waals surface area contributed by atoms with Crippen LogP contribution in [0.4, 0.5) is 0 Å².